The summed E-state index contributed by atoms with van der Waals surface area (Å²) in [6.07, 6.45) is 0. The van der Waals surface area contributed by atoms with E-state index in [-0.39, 0.29) is 16.5 Å². The fourth-order valence-electron chi connectivity index (χ4n) is 2.49. The summed E-state index contributed by atoms with van der Waals surface area (Å²) in [4.78, 5) is 0. The SMILES string of the molecule is CC1(C)OB(c2cc3ccc(O)c(Cl)c3cc2O)OC1(C)C. The molecule has 1 heterocycles. The summed E-state index contributed by atoms with van der Waals surface area (Å²) in [7, 11) is -0.651. The van der Waals surface area contributed by atoms with Gasteiger partial charge in [-0.15, -0.1) is 0 Å². The normalized spacial score (nSPS) is 19.8. The highest BCUT2D eigenvalue weighted by Crippen LogP contribution is 2.38. The Labute approximate surface area is 134 Å². The summed E-state index contributed by atoms with van der Waals surface area (Å²) in [5.41, 5.74) is -0.412. The number of halogens is 1. The summed E-state index contributed by atoms with van der Waals surface area (Å²) >= 11 is 6.08. The Kier molecular flexibility index (Phi) is 3.36. The number of rotatable bonds is 1. The maximum Gasteiger partial charge on any atom is 0.498 e. The van der Waals surface area contributed by atoms with Crippen LogP contribution in [-0.2, 0) is 9.31 Å². The minimum absolute atomic E-state index is 0.0167. The van der Waals surface area contributed by atoms with E-state index in [0.29, 0.717) is 10.8 Å². The van der Waals surface area contributed by atoms with Gasteiger partial charge in [-0.1, -0.05) is 23.7 Å². The highest BCUT2D eigenvalue weighted by atomic mass is 35.5. The van der Waals surface area contributed by atoms with Crippen LogP contribution in [0.2, 0.25) is 5.02 Å². The Morgan fingerprint density at radius 2 is 1.55 bits per heavy atom. The first-order chi connectivity index (χ1) is 10.1. The molecule has 4 nitrogen and oxygen atoms in total. The van der Waals surface area contributed by atoms with E-state index in [1.54, 1.807) is 12.1 Å². The second-order valence-corrected chi connectivity index (χ2v) is 7.00. The number of hydrogen-bond acceptors (Lipinski definition) is 4. The molecule has 0 spiro atoms. The minimum Gasteiger partial charge on any atom is -0.508 e. The number of phenols is 2. The lowest BCUT2D eigenvalue weighted by Crippen LogP contribution is -2.41. The monoisotopic (exact) mass is 320 g/mol. The molecular formula is C16H18BClO4. The lowest BCUT2D eigenvalue weighted by atomic mass is 9.77. The molecule has 1 saturated heterocycles. The Morgan fingerprint density at radius 1 is 0.955 bits per heavy atom. The van der Waals surface area contributed by atoms with Crippen molar-refractivity contribution < 1.29 is 19.5 Å². The van der Waals surface area contributed by atoms with E-state index >= 15 is 0 Å². The topological polar surface area (TPSA) is 58.9 Å². The predicted molar refractivity (Wildman–Crippen MR) is 88.0 cm³/mol. The lowest BCUT2D eigenvalue weighted by Gasteiger charge is -2.32. The van der Waals surface area contributed by atoms with Crippen molar-refractivity contribution >= 4 is 35.0 Å². The largest absolute Gasteiger partial charge is 0.508 e. The van der Waals surface area contributed by atoms with Crippen molar-refractivity contribution in [3.63, 3.8) is 0 Å². The number of benzene rings is 2. The molecule has 3 rings (SSSR count). The van der Waals surface area contributed by atoms with Gasteiger partial charge in [0.25, 0.3) is 0 Å². The smallest absolute Gasteiger partial charge is 0.498 e. The third-order valence-corrected chi connectivity index (χ3v) is 4.99. The predicted octanol–water partition coefficient (Wildman–Crippen LogP) is 3.20. The van der Waals surface area contributed by atoms with E-state index in [2.05, 4.69) is 0 Å². The number of hydrogen-bond donors (Lipinski definition) is 2. The van der Waals surface area contributed by atoms with Crippen LogP contribution < -0.4 is 5.46 Å². The van der Waals surface area contributed by atoms with Crippen LogP contribution >= 0.6 is 11.6 Å². The minimum atomic E-state index is -0.651. The van der Waals surface area contributed by atoms with Crippen LogP contribution in [0.25, 0.3) is 10.8 Å². The molecule has 0 unspecified atom stereocenters. The Bertz CT molecular complexity index is 741. The third kappa shape index (κ3) is 2.24. The van der Waals surface area contributed by atoms with Crippen molar-refractivity contribution in [3.05, 3.63) is 29.3 Å². The van der Waals surface area contributed by atoms with Crippen molar-refractivity contribution in [1.82, 2.24) is 0 Å². The molecule has 0 radical (unpaired) electrons. The number of fused-ring (bicyclic) bond motifs is 1. The Hall–Kier alpha value is -1.43. The average Bonchev–Trinajstić information content (AvgIpc) is 2.63. The highest BCUT2D eigenvalue weighted by molar-refractivity contribution is 6.63. The summed E-state index contributed by atoms with van der Waals surface area (Å²) < 4.78 is 11.9. The summed E-state index contributed by atoms with van der Waals surface area (Å²) in [5, 5.41) is 21.6. The van der Waals surface area contributed by atoms with Crippen molar-refractivity contribution in [2.24, 2.45) is 0 Å². The van der Waals surface area contributed by atoms with Gasteiger partial charge in [-0.25, -0.2) is 0 Å². The average molecular weight is 321 g/mol. The van der Waals surface area contributed by atoms with Crippen LogP contribution in [0.3, 0.4) is 0 Å². The van der Waals surface area contributed by atoms with Gasteiger partial charge in [-0.2, -0.15) is 0 Å². The van der Waals surface area contributed by atoms with E-state index in [1.165, 1.54) is 12.1 Å². The van der Waals surface area contributed by atoms with Gasteiger partial charge in [0.15, 0.2) is 0 Å². The van der Waals surface area contributed by atoms with Crippen LogP contribution in [0.15, 0.2) is 24.3 Å². The standard InChI is InChI=1S/C16H18BClO4/c1-15(2)16(3,4)22-17(21-15)11-7-9-5-6-12(19)14(18)10(9)8-13(11)20/h5-8,19-20H,1-4H3. The lowest BCUT2D eigenvalue weighted by molar-refractivity contribution is 0.00578. The second kappa shape index (κ2) is 4.78. The molecule has 0 bridgehead atoms. The molecule has 2 N–H and O–H groups in total. The highest BCUT2D eigenvalue weighted by Gasteiger charge is 2.52. The molecule has 2 aromatic rings. The summed E-state index contributed by atoms with van der Waals surface area (Å²) in [5.74, 6) is 0.00968. The van der Waals surface area contributed by atoms with E-state index in [4.69, 9.17) is 20.9 Å². The molecule has 2 aromatic carbocycles. The van der Waals surface area contributed by atoms with Gasteiger partial charge in [0.05, 0.1) is 16.2 Å². The van der Waals surface area contributed by atoms with Gasteiger partial charge in [-0.05, 0) is 45.2 Å². The zero-order valence-electron chi connectivity index (χ0n) is 13.0. The molecular weight excluding hydrogens is 302 g/mol. The molecule has 1 aliphatic rings. The molecule has 0 aromatic heterocycles. The van der Waals surface area contributed by atoms with E-state index in [0.717, 1.165) is 5.39 Å². The van der Waals surface area contributed by atoms with Crippen LogP contribution in [0.4, 0.5) is 0 Å². The maximum absolute atomic E-state index is 10.3. The molecule has 1 aliphatic heterocycles. The zero-order chi connectivity index (χ0) is 16.3. The number of phenolic OH excluding ortho intramolecular Hbond substituents is 2. The van der Waals surface area contributed by atoms with Gasteiger partial charge < -0.3 is 19.5 Å². The van der Waals surface area contributed by atoms with E-state index in [9.17, 15) is 10.2 Å². The first kappa shape index (κ1) is 15.5. The molecule has 1 fully saturated rings. The van der Waals surface area contributed by atoms with Crippen molar-refractivity contribution in [2.45, 2.75) is 38.9 Å². The van der Waals surface area contributed by atoms with Crippen molar-refractivity contribution in [2.75, 3.05) is 0 Å². The summed E-state index contributed by atoms with van der Waals surface area (Å²) in [6.45, 7) is 7.83. The van der Waals surface area contributed by atoms with Crippen LogP contribution in [0.1, 0.15) is 27.7 Å². The quantitative estimate of drug-likeness (QED) is 0.792. The molecule has 0 saturated carbocycles. The van der Waals surface area contributed by atoms with E-state index < -0.39 is 18.3 Å². The molecule has 0 aliphatic carbocycles. The third-order valence-electron chi connectivity index (χ3n) is 4.59. The molecule has 0 atom stereocenters. The fraction of sp³-hybridized carbons (Fsp3) is 0.375. The molecule has 0 amide bonds. The zero-order valence-corrected chi connectivity index (χ0v) is 13.7. The Morgan fingerprint density at radius 3 is 2.14 bits per heavy atom. The molecule has 6 heteroatoms. The van der Waals surface area contributed by atoms with Crippen molar-refractivity contribution in [1.29, 1.82) is 0 Å². The summed E-state index contributed by atoms with van der Waals surface area (Å²) in [6, 6.07) is 6.57. The van der Waals surface area contributed by atoms with Gasteiger partial charge in [0.2, 0.25) is 0 Å². The first-order valence-electron chi connectivity index (χ1n) is 7.12. The second-order valence-electron chi connectivity index (χ2n) is 6.62. The molecule has 116 valence electrons. The van der Waals surface area contributed by atoms with Crippen LogP contribution in [-0.4, -0.2) is 28.5 Å². The van der Waals surface area contributed by atoms with Gasteiger partial charge in [-0.3, -0.25) is 0 Å². The van der Waals surface area contributed by atoms with Crippen LogP contribution in [0, 0.1) is 0 Å². The fourth-order valence-corrected chi connectivity index (χ4v) is 2.72. The van der Waals surface area contributed by atoms with Gasteiger partial charge in [0.1, 0.15) is 11.5 Å². The van der Waals surface area contributed by atoms with Gasteiger partial charge in [0, 0.05) is 10.8 Å². The molecule has 22 heavy (non-hydrogen) atoms. The van der Waals surface area contributed by atoms with Crippen LogP contribution in [0.5, 0.6) is 11.5 Å². The van der Waals surface area contributed by atoms with E-state index in [1.807, 2.05) is 27.7 Å². The van der Waals surface area contributed by atoms with Crippen molar-refractivity contribution in [3.8, 4) is 11.5 Å². The van der Waals surface area contributed by atoms with Gasteiger partial charge >= 0.3 is 7.12 Å². The first-order valence-corrected chi connectivity index (χ1v) is 7.50. The number of aromatic hydroxyl groups is 2. The maximum atomic E-state index is 10.3. The Balaban J connectivity index is 2.10.